The average molecular weight is 369 g/mol. The van der Waals surface area contributed by atoms with Crippen molar-refractivity contribution in [3.63, 3.8) is 0 Å². The molecule has 1 heterocycles. The maximum absolute atomic E-state index is 13.5. The van der Waals surface area contributed by atoms with E-state index < -0.39 is 11.6 Å². The number of halogens is 4. The minimum atomic E-state index is -0.511. The molecule has 122 valence electrons. The van der Waals surface area contributed by atoms with Gasteiger partial charge in [0.2, 0.25) is 0 Å². The lowest BCUT2D eigenvalue weighted by atomic mass is 10.1. The Morgan fingerprint density at radius 1 is 1.00 bits per heavy atom. The predicted molar refractivity (Wildman–Crippen MR) is 83.9 cm³/mol. The molecule has 0 aliphatic rings. The van der Waals surface area contributed by atoms with Crippen molar-refractivity contribution in [2.24, 2.45) is 0 Å². The highest BCUT2D eigenvalue weighted by Crippen LogP contribution is 2.27. The van der Waals surface area contributed by atoms with Gasteiger partial charge in [0.1, 0.15) is 11.6 Å². The third-order valence-corrected chi connectivity index (χ3v) is 3.46. The molecule has 1 aromatic heterocycles. The Hall–Kier alpha value is -2.53. The van der Waals surface area contributed by atoms with Gasteiger partial charge >= 0.3 is 6.15 Å². The van der Waals surface area contributed by atoms with Crippen molar-refractivity contribution in [1.82, 2.24) is 9.78 Å². The molecule has 0 aliphatic carbocycles. The van der Waals surface area contributed by atoms with Crippen LogP contribution in [0.25, 0.3) is 16.9 Å². The summed E-state index contributed by atoms with van der Waals surface area (Å²) >= 11 is 11.7. The third-order valence-electron chi connectivity index (χ3n) is 2.95. The zero-order valence-electron chi connectivity index (χ0n) is 11.8. The zero-order valence-corrected chi connectivity index (χ0v) is 13.4. The quantitative estimate of drug-likeness (QED) is 0.667. The Balaban J connectivity index is 0.000000647. The smallest absolute Gasteiger partial charge is 0.233 e. The molecule has 0 N–H and O–H groups in total. The fourth-order valence-electron chi connectivity index (χ4n) is 2.05. The summed E-state index contributed by atoms with van der Waals surface area (Å²) in [6.07, 6.45) is 1.81. The molecular formula is C16H8Cl2F2N2O2. The second-order valence-electron chi connectivity index (χ2n) is 4.47. The van der Waals surface area contributed by atoms with Gasteiger partial charge in [-0.05, 0) is 42.5 Å². The van der Waals surface area contributed by atoms with Gasteiger partial charge in [0, 0.05) is 10.6 Å². The zero-order chi connectivity index (χ0) is 17.7. The SMILES string of the molecule is Fc1cc(Cl)cc(-c2ccnn2-c2ccc(F)c(Cl)c2)c1.O=C=O. The molecule has 4 nitrogen and oxygen atoms in total. The van der Waals surface area contributed by atoms with E-state index in [1.54, 1.807) is 24.4 Å². The van der Waals surface area contributed by atoms with Crippen LogP contribution in [0.15, 0.2) is 48.7 Å². The second-order valence-corrected chi connectivity index (χ2v) is 5.31. The number of carbonyl (C=O) groups excluding carboxylic acids is 2. The molecule has 0 saturated heterocycles. The first-order valence-corrected chi connectivity index (χ1v) is 7.17. The number of benzene rings is 2. The number of rotatable bonds is 2. The summed E-state index contributed by atoms with van der Waals surface area (Å²) in [5, 5.41) is 4.44. The van der Waals surface area contributed by atoms with Crippen LogP contribution < -0.4 is 0 Å². The molecule has 0 unspecified atom stereocenters. The molecule has 0 amide bonds. The van der Waals surface area contributed by atoms with Crippen LogP contribution >= 0.6 is 23.2 Å². The van der Waals surface area contributed by atoms with Crippen LogP contribution in [0.5, 0.6) is 0 Å². The Morgan fingerprint density at radius 3 is 2.33 bits per heavy atom. The van der Waals surface area contributed by atoms with Gasteiger partial charge in [0.15, 0.2) is 0 Å². The Morgan fingerprint density at radius 2 is 1.71 bits per heavy atom. The van der Waals surface area contributed by atoms with Gasteiger partial charge in [-0.2, -0.15) is 14.7 Å². The molecule has 3 aromatic rings. The van der Waals surface area contributed by atoms with Crippen LogP contribution in [0.2, 0.25) is 10.0 Å². The second kappa shape index (κ2) is 7.84. The lowest BCUT2D eigenvalue weighted by Crippen LogP contribution is -1.99. The maximum Gasteiger partial charge on any atom is 0.373 e. The Kier molecular flexibility index (Phi) is 5.82. The molecule has 24 heavy (non-hydrogen) atoms. The van der Waals surface area contributed by atoms with Crippen LogP contribution in [0.3, 0.4) is 0 Å². The standard InChI is InChI=1S/C15H8Cl2F2N2.CO2/c16-10-5-9(6-11(18)7-10)15-3-4-20-21(15)12-1-2-14(19)13(17)8-12;2-1-3/h1-8H;. The lowest BCUT2D eigenvalue weighted by Gasteiger charge is -2.09. The third kappa shape index (κ3) is 4.06. The fourth-order valence-corrected chi connectivity index (χ4v) is 2.44. The highest BCUT2D eigenvalue weighted by molar-refractivity contribution is 6.31. The summed E-state index contributed by atoms with van der Waals surface area (Å²) in [6.45, 7) is 0. The summed E-state index contributed by atoms with van der Waals surface area (Å²) < 4.78 is 28.3. The normalized spacial score (nSPS) is 9.83. The van der Waals surface area contributed by atoms with E-state index in [1.165, 1.54) is 28.9 Å². The molecule has 0 atom stereocenters. The van der Waals surface area contributed by atoms with Crippen LogP contribution in [0, 0.1) is 11.6 Å². The van der Waals surface area contributed by atoms with Gasteiger partial charge in [0.25, 0.3) is 0 Å². The monoisotopic (exact) mass is 368 g/mol. The molecule has 2 aromatic carbocycles. The van der Waals surface area contributed by atoms with Crippen molar-refractivity contribution in [2.75, 3.05) is 0 Å². The molecule has 0 fully saturated rings. The number of aromatic nitrogens is 2. The minimum absolute atomic E-state index is 0.00813. The molecule has 0 aliphatic heterocycles. The van der Waals surface area contributed by atoms with E-state index in [-0.39, 0.29) is 16.2 Å². The van der Waals surface area contributed by atoms with Crippen molar-refractivity contribution in [3.05, 3.63) is 70.3 Å². The van der Waals surface area contributed by atoms with Gasteiger partial charge in [-0.3, -0.25) is 0 Å². The van der Waals surface area contributed by atoms with Gasteiger partial charge < -0.3 is 0 Å². The molecule has 0 radical (unpaired) electrons. The van der Waals surface area contributed by atoms with Crippen molar-refractivity contribution in [3.8, 4) is 16.9 Å². The number of nitrogens with zero attached hydrogens (tertiary/aromatic N) is 2. The molecule has 8 heteroatoms. The average Bonchev–Trinajstić information content (AvgIpc) is 2.99. The van der Waals surface area contributed by atoms with Crippen molar-refractivity contribution >= 4 is 29.4 Å². The first kappa shape index (κ1) is 17.8. The topological polar surface area (TPSA) is 52.0 Å². The molecular weight excluding hydrogens is 361 g/mol. The van der Waals surface area contributed by atoms with Crippen LogP contribution in [0.4, 0.5) is 8.78 Å². The van der Waals surface area contributed by atoms with E-state index in [4.69, 9.17) is 32.8 Å². The van der Waals surface area contributed by atoms with Crippen LogP contribution in [-0.2, 0) is 9.59 Å². The number of hydrogen-bond acceptors (Lipinski definition) is 3. The van der Waals surface area contributed by atoms with E-state index in [1.807, 2.05) is 0 Å². The Bertz CT molecular complexity index is 887. The number of hydrogen-bond donors (Lipinski definition) is 0. The molecule has 3 rings (SSSR count). The van der Waals surface area contributed by atoms with E-state index >= 15 is 0 Å². The highest BCUT2D eigenvalue weighted by atomic mass is 35.5. The van der Waals surface area contributed by atoms with Gasteiger partial charge in [0.05, 0.1) is 22.6 Å². The summed E-state index contributed by atoms with van der Waals surface area (Å²) in [4.78, 5) is 16.2. The minimum Gasteiger partial charge on any atom is -0.233 e. The predicted octanol–water partition coefficient (Wildman–Crippen LogP) is 4.54. The summed E-state index contributed by atoms with van der Waals surface area (Å²) in [5.74, 6) is -0.953. The highest BCUT2D eigenvalue weighted by Gasteiger charge is 2.11. The summed E-state index contributed by atoms with van der Waals surface area (Å²) in [6, 6.07) is 10.2. The van der Waals surface area contributed by atoms with Crippen molar-refractivity contribution in [1.29, 1.82) is 0 Å². The Labute approximate surface area is 145 Å². The van der Waals surface area contributed by atoms with E-state index in [9.17, 15) is 8.78 Å². The fraction of sp³-hybridized carbons (Fsp3) is 0. The first-order valence-electron chi connectivity index (χ1n) is 6.41. The maximum atomic E-state index is 13.5. The van der Waals surface area contributed by atoms with Gasteiger partial charge in [-0.25, -0.2) is 13.5 Å². The van der Waals surface area contributed by atoms with Crippen LogP contribution in [-0.4, -0.2) is 15.9 Å². The molecule has 0 spiro atoms. The summed E-state index contributed by atoms with van der Waals surface area (Å²) in [7, 11) is 0. The van der Waals surface area contributed by atoms with Crippen molar-refractivity contribution < 1.29 is 18.4 Å². The molecule has 0 saturated carbocycles. The first-order chi connectivity index (χ1) is 11.5. The van der Waals surface area contributed by atoms with E-state index in [0.717, 1.165) is 0 Å². The van der Waals surface area contributed by atoms with Crippen LogP contribution in [0.1, 0.15) is 0 Å². The van der Waals surface area contributed by atoms with Crippen molar-refractivity contribution in [2.45, 2.75) is 0 Å². The lowest BCUT2D eigenvalue weighted by molar-refractivity contribution is -0.191. The van der Waals surface area contributed by atoms with Gasteiger partial charge in [-0.1, -0.05) is 23.2 Å². The van der Waals surface area contributed by atoms with E-state index in [2.05, 4.69) is 5.10 Å². The molecule has 0 bridgehead atoms. The largest absolute Gasteiger partial charge is 0.373 e. The van der Waals surface area contributed by atoms with E-state index in [0.29, 0.717) is 16.9 Å². The summed E-state index contributed by atoms with van der Waals surface area (Å²) in [5.41, 5.74) is 1.76. The van der Waals surface area contributed by atoms with Gasteiger partial charge in [-0.15, -0.1) is 0 Å².